The lowest BCUT2D eigenvalue weighted by Gasteiger charge is -2.25. The van der Waals surface area contributed by atoms with Gasteiger partial charge in [-0.15, -0.1) is 0 Å². The van der Waals surface area contributed by atoms with Crippen molar-refractivity contribution in [1.29, 1.82) is 0 Å². The Morgan fingerprint density at radius 1 is 1.42 bits per heavy atom. The molecule has 3 nitrogen and oxygen atoms in total. The lowest BCUT2D eigenvalue weighted by atomic mass is 10.1. The number of hydrogen-bond donors (Lipinski definition) is 0. The molecule has 0 aromatic rings. The molecular weight excluding hydrogens is 156 g/mol. The molecule has 72 valence electrons. The van der Waals surface area contributed by atoms with Crippen LogP contribution in [-0.4, -0.2) is 24.3 Å². The van der Waals surface area contributed by atoms with Crippen molar-refractivity contribution >= 4 is 5.97 Å². The smallest absolute Gasteiger partial charge is 0.337 e. The first-order valence-corrected chi connectivity index (χ1v) is 4.25. The molecule has 0 amide bonds. The van der Waals surface area contributed by atoms with Crippen LogP contribution in [-0.2, 0) is 14.3 Å². The van der Waals surface area contributed by atoms with Crippen LogP contribution < -0.4 is 0 Å². The standard InChI is InChI=1S/C9H18O3/c1-6-11-8(10)9(4,5)12-7(2)3/h7H,6H2,1-5H3. The first kappa shape index (κ1) is 11.4. The highest BCUT2D eigenvalue weighted by atomic mass is 16.6. The van der Waals surface area contributed by atoms with Crippen molar-refractivity contribution in [2.45, 2.75) is 46.3 Å². The zero-order chi connectivity index (χ0) is 9.78. The molecule has 3 heteroatoms. The van der Waals surface area contributed by atoms with Crippen LogP contribution in [0.15, 0.2) is 0 Å². The van der Waals surface area contributed by atoms with E-state index < -0.39 is 5.60 Å². The maximum atomic E-state index is 11.3. The zero-order valence-electron chi connectivity index (χ0n) is 8.51. The minimum atomic E-state index is -0.829. The Balaban J connectivity index is 4.09. The quantitative estimate of drug-likeness (QED) is 0.609. The van der Waals surface area contributed by atoms with Crippen molar-refractivity contribution in [3.05, 3.63) is 0 Å². The van der Waals surface area contributed by atoms with Gasteiger partial charge in [-0.2, -0.15) is 0 Å². The van der Waals surface area contributed by atoms with Gasteiger partial charge in [-0.3, -0.25) is 0 Å². The van der Waals surface area contributed by atoms with E-state index in [0.717, 1.165) is 0 Å². The van der Waals surface area contributed by atoms with Gasteiger partial charge in [0.05, 0.1) is 12.7 Å². The largest absolute Gasteiger partial charge is 0.464 e. The highest BCUT2D eigenvalue weighted by Gasteiger charge is 2.30. The van der Waals surface area contributed by atoms with Gasteiger partial charge in [0.15, 0.2) is 5.60 Å². The van der Waals surface area contributed by atoms with Crippen LogP contribution in [0.4, 0.5) is 0 Å². The van der Waals surface area contributed by atoms with Gasteiger partial charge in [0.2, 0.25) is 0 Å². The van der Waals surface area contributed by atoms with E-state index >= 15 is 0 Å². The summed E-state index contributed by atoms with van der Waals surface area (Å²) in [5.41, 5.74) is -0.829. The summed E-state index contributed by atoms with van der Waals surface area (Å²) < 4.78 is 10.2. The molecule has 0 rings (SSSR count). The topological polar surface area (TPSA) is 35.5 Å². The molecule has 0 spiro atoms. The fourth-order valence-electron chi connectivity index (χ4n) is 0.942. The number of ether oxygens (including phenoxy) is 2. The average molecular weight is 174 g/mol. The van der Waals surface area contributed by atoms with Gasteiger partial charge in [0.1, 0.15) is 0 Å². The lowest BCUT2D eigenvalue weighted by Crippen LogP contribution is -2.38. The number of rotatable bonds is 4. The molecule has 0 bridgehead atoms. The average Bonchev–Trinajstić information content (AvgIpc) is 1.85. The van der Waals surface area contributed by atoms with Crippen molar-refractivity contribution in [1.82, 2.24) is 0 Å². The summed E-state index contributed by atoms with van der Waals surface area (Å²) in [4.78, 5) is 11.3. The molecule has 0 aromatic heterocycles. The Morgan fingerprint density at radius 2 is 1.92 bits per heavy atom. The van der Waals surface area contributed by atoms with Crippen molar-refractivity contribution in [2.75, 3.05) is 6.61 Å². The zero-order valence-corrected chi connectivity index (χ0v) is 8.51. The number of hydrogen-bond acceptors (Lipinski definition) is 3. The van der Waals surface area contributed by atoms with Gasteiger partial charge < -0.3 is 9.47 Å². The highest BCUT2D eigenvalue weighted by molar-refractivity contribution is 5.78. The Morgan fingerprint density at radius 3 is 2.25 bits per heavy atom. The van der Waals surface area contributed by atoms with Crippen LogP contribution in [0.1, 0.15) is 34.6 Å². The molecule has 0 saturated heterocycles. The second-order valence-corrected chi connectivity index (χ2v) is 3.40. The molecule has 0 N–H and O–H groups in total. The van der Waals surface area contributed by atoms with Gasteiger partial charge in [0, 0.05) is 0 Å². The SMILES string of the molecule is CCOC(=O)C(C)(C)OC(C)C. The van der Waals surface area contributed by atoms with Crippen LogP contribution in [0.25, 0.3) is 0 Å². The van der Waals surface area contributed by atoms with Crippen LogP contribution in [0.3, 0.4) is 0 Å². The predicted molar refractivity (Wildman–Crippen MR) is 46.9 cm³/mol. The van der Waals surface area contributed by atoms with Crippen LogP contribution >= 0.6 is 0 Å². The fraction of sp³-hybridized carbons (Fsp3) is 0.889. The van der Waals surface area contributed by atoms with Crippen molar-refractivity contribution in [3.8, 4) is 0 Å². The molecule has 0 aliphatic carbocycles. The summed E-state index contributed by atoms with van der Waals surface area (Å²) in [5, 5.41) is 0. The van der Waals surface area contributed by atoms with Gasteiger partial charge in [-0.25, -0.2) is 4.79 Å². The number of carbonyl (C=O) groups excluding carboxylic acids is 1. The van der Waals surface area contributed by atoms with Gasteiger partial charge in [-0.05, 0) is 34.6 Å². The molecular formula is C9H18O3. The fourth-order valence-corrected chi connectivity index (χ4v) is 0.942. The highest BCUT2D eigenvalue weighted by Crippen LogP contribution is 2.13. The summed E-state index contributed by atoms with van der Waals surface area (Å²) in [6, 6.07) is 0. The molecule has 0 atom stereocenters. The minimum Gasteiger partial charge on any atom is -0.464 e. The summed E-state index contributed by atoms with van der Waals surface area (Å²) in [6.07, 6.45) is 0.0319. The molecule has 0 aromatic carbocycles. The third-order valence-corrected chi connectivity index (χ3v) is 1.30. The Kier molecular flexibility index (Phi) is 4.24. The summed E-state index contributed by atoms with van der Waals surface area (Å²) >= 11 is 0. The molecule has 0 unspecified atom stereocenters. The normalized spacial score (nSPS) is 11.8. The summed E-state index contributed by atoms with van der Waals surface area (Å²) in [6.45, 7) is 9.38. The first-order valence-electron chi connectivity index (χ1n) is 4.25. The second-order valence-electron chi connectivity index (χ2n) is 3.40. The number of carbonyl (C=O) groups is 1. The molecule has 0 saturated carbocycles. The first-order chi connectivity index (χ1) is 5.40. The van der Waals surface area contributed by atoms with E-state index in [1.807, 2.05) is 13.8 Å². The molecule has 0 radical (unpaired) electrons. The van der Waals surface area contributed by atoms with Crippen LogP contribution in [0, 0.1) is 0 Å². The van der Waals surface area contributed by atoms with Crippen LogP contribution in [0.2, 0.25) is 0 Å². The summed E-state index contributed by atoms with van der Waals surface area (Å²) in [5.74, 6) is -0.307. The van der Waals surface area contributed by atoms with Crippen molar-refractivity contribution < 1.29 is 14.3 Å². The van der Waals surface area contributed by atoms with Crippen LogP contribution in [0.5, 0.6) is 0 Å². The van der Waals surface area contributed by atoms with Gasteiger partial charge >= 0.3 is 5.97 Å². The predicted octanol–water partition coefficient (Wildman–Crippen LogP) is 1.75. The maximum Gasteiger partial charge on any atom is 0.337 e. The van der Waals surface area contributed by atoms with E-state index in [2.05, 4.69) is 0 Å². The Hall–Kier alpha value is -0.570. The monoisotopic (exact) mass is 174 g/mol. The Labute approximate surface area is 74.0 Å². The Bertz CT molecular complexity index is 150. The maximum absolute atomic E-state index is 11.3. The third kappa shape index (κ3) is 3.72. The van der Waals surface area contributed by atoms with Gasteiger partial charge in [-0.1, -0.05) is 0 Å². The second kappa shape index (κ2) is 4.45. The van der Waals surface area contributed by atoms with E-state index in [-0.39, 0.29) is 12.1 Å². The molecule has 0 aliphatic heterocycles. The number of esters is 1. The van der Waals surface area contributed by atoms with E-state index in [0.29, 0.717) is 6.61 Å². The van der Waals surface area contributed by atoms with E-state index in [1.165, 1.54) is 0 Å². The molecule has 0 heterocycles. The van der Waals surface area contributed by atoms with E-state index in [4.69, 9.17) is 9.47 Å². The van der Waals surface area contributed by atoms with E-state index in [1.54, 1.807) is 20.8 Å². The van der Waals surface area contributed by atoms with Crippen molar-refractivity contribution in [3.63, 3.8) is 0 Å². The summed E-state index contributed by atoms with van der Waals surface area (Å²) in [7, 11) is 0. The van der Waals surface area contributed by atoms with Crippen molar-refractivity contribution in [2.24, 2.45) is 0 Å². The van der Waals surface area contributed by atoms with Gasteiger partial charge in [0.25, 0.3) is 0 Å². The molecule has 0 aliphatic rings. The third-order valence-electron chi connectivity index (χ3n) is 1.30. The molecule has 0 fully saturated rings. The lowest BCUT2D eigenvalue weighted by molar-refractivity contribution is -0.172. The van der Waals surface area contributed by atoms with E-state index in [9.17, 15) is 4.79 Å². The molecule has 12 heavy (non-hydrogen) atoms. The minimum absolute atomic E-state index is 0.0319.